The topological polar surface area (TPSA) is 64.1 Å². The van der Waals surface area contributed by atoms with E-state index in [9.17, 15) is 13.6 Å². The van der Waals surface area contributed by atoms with Crippen LogP contribution in [-0.2, 0) is 6.54 Å². The fourth-order valence-corrected chi connectivity index (χ4v) is 1.50. The van der Waals surface area contributed by atoms with Gasteiger partial charge in [0.25, 0.3) is 0 Å². The molecule has 104 valence electrons. The van der Waals surface area contributed by atoms with Gasteiger partial charge in [-0.3, -0.25) is 4.79 Å². The molecule has 2 aromatic rings. The van der Waals surface area contributed by atoms with Gasteiger partial charge in [0.1, 0.15) is 5.75 Å². The van der Waals surface area contributed by atoms with Gasteiger partial charge >= 0.3 is 6.61 Å². The third-order valence-corrected chi connectivity index (χ3v) is 2.38. The zero-order valence-electron chi connectivity index (χ0n) is 10.3. The molecule has 2 rings (SSSR count). The number of halogens is 2. The molecule has 0 aliphatic heterocycles. The van der Waals surface area contributed by atoms with Crippen LogP contribution in [0.1, 0.15) is 15.9 Å². The molecule has 20 heavy (non-hydrogen) atoms. The highest BCUT2D eigenvalue weighted by atomic mass is 19.3. The maximum atomic E-state index is 12.1. The van der Waals surface area contributed by atoms with Crippen molar-refractivity contribution in [3.8, 4) is 5.75 Å². The molecule has 0 saturated carbocycles. The Kier molecular flexibility index (Phi) is 4.54. The Morgan fingerprint density at radius 3 is 2.70 bits per heavy atom. The van der Waals surface area contributed by atoms with E-state index in [-0.39, 0.29) is 5.75 Å². The molecular weight excluding hydrogens is 268 g/mol. The molecule has 1 aromatic heterocycles. The Labute approximate surface area is 113 Å². The number of nitrogens with one attached hydrogen (secondary N) is 1. The standard InChI is InChI=1S/C13H11F2N3O2/c14-12(15)20-11-3-1-2-9(4-11)5-16-13-17-6-10(8-19)7-18-13/h1-4,6-8,12H,5H2,(H,16,17,18). The monoisotopic (exact) mass is 279 g/mol. The van der Waals surface area contributed by atoms with Crippen LogP contribution in [-0.4, -0.2) is 22.9 Å². The number of nitrogens with zero attached hydrogens (tertiary/aromatic N) is 2. The minimum absolute atomic E-state index is 0.0940. The summed E-state index contributed by atoms with van der Waals surface area (Å²) < 4.78 is 28.5. The molecule has 0 spiro atoms. The normalized spacial score (nSPS) is 10.3. The predicted molar refractivity (Wildman–Crippen MR) is 67.8 cm³/mol. The zero-order chi connectivity index (χ0) is 14.4. The number of aldehydes is 1. The Morgan fingerprint density at radius 2 is 2.05 bits per heavy atom. The molecule has 0 bridgehead atoms. The van der Waals surface area contributed by atoms with Crippen molar-refractivity contribution >= 4 is 12.2 Å². The molecule has 1 heterocycles. The van der Waals surface area contributed by atoms with Crippen LogP contribution in [0.5, 0.6) is 5.75 Å². The Bertz CT molecular complexity index is 576. The van der Waals surface area contributed by atoms with E-state index >= 15 is 0 Å². The highest BCUT2D eigenvalue weighted by molar-refractivity contribution is 5.73. The first-order valence-corrected chi connectivity index (χ1v) is 5.72. The van der Waals surface area contributed by atoms with Crippen LogP contribution >= 0.6 is 0 Å². The summed E-state index contributed by atoms with van der Waals surface area (Å²) >= 11 is 0. The third-order valence-electron chi connectivity index (χ3n) is 2.38. The zero-order valence-corrected chi connectivity index (χ0v) is 10.3. The van der Waals surface area contributed by atoms with Crippen molar-refractivity contribution in [3.63, 3.8) is 0 Å². The lowest BCUT2D eigenvalue weighted by atomic mass is 10.2. The number of hydrogen-bond acceptors (Lipinski definition) is 5. The molecular formula is C13H11F2N3O2. The van der Waals surface area contributed by atoms with Gasteiger partial charge in [-0.25, -0.2) is 9.97 Å². The van der Waals surface area contributed by atoms with Crippen LogP contribution in [0.15, 0.2) is 36.7 Å². The molecule has 0 atom stereocenters. The number of carbonyl (C=O) groups excluding carboxylic acids is 1. The SMILES string of the molecule is O=Cc1cnc(NCc2cccc(OC(F)F)c2)nc1. The highest BCUT2D eigenvalue weighted by Gasteiger charge is 2.05. The largest absolute Gasteiger partial charge is 0.435 e. The summed E-state index contributed by atoms with van der Waals surface area (Å²) in [6, 6.07) is 6.32. The second-order valence-electron chi connectivity index (χ2n) is 3.84. The van der Waals surface area contributed by atoms with E-state index in [0.717, 1.165) is 5.56 Å². The van der Waals surface area contributed by atoms with Crippen molar-refractivity contribution in [2.75, 3.05) is 5.32 Å². The van der Waals surface area contributed by atoms with Crippen LogP contribution in [0.25, 0.3) is 0 Å². The Hall–Kier alpha value is -2.57. The van der Waals surface area contributed by atoms with Crippen molar-refractivity contribution in [2.45, 2.75) is 13.2 Å². The van der Waals surface area contributed by atoms with Crippen LogP contribution in [0, 0.1) is 0 Å². The van der Waals surface area contributed by atoms with Crippen molar-refractivity contribution < 1.29 is 18.3 Å². The molecule has 0 saturated heterocycles. The number of ether oxygens (including phenoxy) is 1. The smallest absolute Gasteiger partial charge is 0.387 e. The summed E-state index contributed by atoms with van der Waals surface area (Å²) in [5, 5.41) is 2.91. The Morgan fingerprint density at radius 1 is 1.30 bits per heavy atom. The fraction of sp³-hybridized carbons (Fsp3) is 0.154. The lowest BCUT2D eigenvalue weighted by Gasteiger charge is -2.08. The molecule has 5 nitrogen and oxygen atoms in total. The lowest BCUT2D eigenvalue weighted by molar-refractivity contribution is -0.0498. The van der Waals surface area contributed by atoms with E-state index in [1.54, 1.807) is 12.1 Å². The maximum absolute atomic E-state index is 12.1. The first-order valence-electron chi connectivity index (χ1n) is 5.72. The number of alkyl halides is 2. The van der Waals surface area contributed by atoms with E-state index in [2.05, 4.69) is 20.0 Å². The van der Waals surface area contributed by atoms with Crippen molar-refractivity contribution in [1.29, 1.82) is 0 Å². The van der Waals surface area contributed by atoms with Gasteiger partial charge in [-0.05, 0) is 17.7 Å². The number of hydrogen-bond donors (Lipinski definition) is 1. The first kappa shape index (κ1) is 13.9. The highest BCUT2D eigenvalue weighted by Crippen LogP contribution is 2.16. The van der Waals surface area contributed by atoms with E-state index in [4.69, 9.17) is 0 Å². The first-order chi connectivity index (χ1) is 9.67. The van der Waals surface area contributed by atoms with Crippen LogP contribution in [0.2, 0.25) is 0 Å². The summed E-state index contributed by atoms with van der Waals surface area (Å²) in [5.74, 6) is 0.437. The molecule has 0 radical (unpaired) electrons. The van der Waals surface area contributed by atoms with E-state index < -0.39 is 6.61 Å². The third kappa shape index (κ3) is 3.98. The molecule has 0 aliphatic rings. The predicted octanol–water partition coefficient (Wildman–Crippen LogP) is 2.50. The molecule has 0 amide bonds. The molecule has 1 aromatic carbocycles. The minimum Gasteiger partial charge on any atom is -0.435 e. The quantitative estimate of drug-likeness (QED) is 0.823. The molecule has 0 aliphatic carbocycles. The van der Waals surface area contributed by atoms with Gasteiger partial charge in [-0.15, -0.1) is 0 Å². The van der Waals surface area contributed by atoms with Gasteiger partial charge in [0.05, 0.1) is 5.56 Å². The summed E-state index contributed by atoms with van der Waals surface area (Å²) in [6.07, 6.45) is 3.42. The summed E-state index contributed by atoms with van der Waals surface area (Å²) in [4.78, 5) is 18.3. The number of benzene rings is 1. The van der Waals surface area contributed by atoms with Crippen LogP contribution in [0.4, 0.5) is 14.7 Å². The second kappa shape index (κ2) is 6.55. The summed E-state index contributed by atoms with van der Waals surface area (Å²) in [7, 11) is 0. The van der Waals surface area contributed by atoms with Gasteiger partial charge in [0.15, 0.2) is 6.29 Å². The molecule has 1 N–H and O–H groups in total. The lowest BCUT2D eigenvalue weighted by Crippen LogP contribution is -2.05. The minimum atomic E-state index is -2.85. The summed E-state index contributed by atoms with van der Waals surface area (Å²) in [5.41, 5.74) is 1.12. The number of anilines is 1. The average Bonchev–Trinajstić information content (AvgIpc) is 2.45. The van der Waals surface area contributed by atoms with Gasteiger partial charge in [-0.1, -0.05) is 12.1 Å². The number of aromatic nitrogens is 2. The van der Waals surface area contributed by atoms with Crippen molar-refractivity contribution in [3.05, 3.63) is 47.8 Å². The molecule has 7 heteroatoms. The number of rotatable bonds is 6. The summed E-state index contributed by atoms with van der Waals surface area (Å²) in [6.45, 7) is -2.50. The van der Waals surface area contributed by atoms with E-state index in [0.29, 0.717) is 24.3 Å². The van der Waals surface area contributed by atoms with Gasteiger partial charge < -0.3 is 10.1 Å². The van der Waals surface area contributed by atoms with Crippen LogP contribution < -0.4 is 10.1 Å². The van der Waals surface area contributed by atoms with Gasteiger partial charge in [-0.2, -0.15) is 8.78 Å². The van der Waals surface area contributed by atoms with Crippen molar-refractivity contribution in [1.82, 2.24) is 9.97 Å². The Balaban J connectivity index is 1.97. The van der Waals surface area contributed by atoms with Gasteiger partial charge in [0, 0.05) is 18.9 Å². The second-order valence-corrected chi connectivity index (χ2v) is 3.84. The van der Waals surface area contributed by atoms with Crippen molar-refractivity contribution in [2.24, 2.45) is 0 Å². The fourth-order valence-electron chi connectivity index (χ4n) is 1.50. The van der Waals surface area contributed by atoms with Gasteiger partial charge in [0.2, 0.25) is 5.95 Å². The maximum Gasteiger partial charge on any atom is 0.387 e. The van der Waals surface area contributed by atoms with E-state index in [1.807, 2.05) is 0 Å². The molecule has 0 fully saturated rings. The molecule has 0 unspecified atom stereocenters. The van der Waals surface area contributed by atoms with E-state index in [1.165, 1.54) is 24.5 Å². The van der Waals surface area contributed by atoms with Crippen LogP contribution in [0.3, 0.4) is 0 Å². The average molecular weight is 279 g/mol. The number of carbonyl (C=O) groups is 1.